The first-order chi connectivity index (χ1) is 4.74. The maximum Gasteiger partial charge on any atom is 0.137 e. The Bertz CT molecular complexity index is 129. The largest absolute Gasteiger partial charge is 0.356 e. The number of nitrogens with one attached hydrogen (secondary N) is 1. The molecule has 1 rings (SSSR count). The van der Waals surface area contributed by atoms with Crippen LogP contribution in [0.2, 0.25) is 0 Å². The van der Waals surface area contributed by atoms with Gasteiger partial charge in [0.2, 0.25) is 0 Å². The van der Waals surface area contributed by atoms with Crippen molar-refractivity contribution in [1.82, 2.24) is 5.32 Å². The Hall–Kier alpha value is 0.01000. The van der Waals surface area contributed by atoms with Crippen LogP contribution in [0.25, 0.3) is 0 Å². The Balaban J connectivity index is 2.40. The number of ether oxygens (including phenoxy) is 1. The predicted molar refractivity (Wildman–Crippen MR) is 45.2 cm³/mol. The summed E-state index contributed by atoms with van der Waals surface area (Å²) in [6, 6.07) is 0. The smallest absolute Gasteiger partial charge is 0.137 e. The van der Waals surface area contributed by atoms with Crippen molar-refractivity contribution in [2.24, 2.45) is 5.92 Å². The molecule has 1 aliphatic heterocycles. The lowest BCUT2D eigenvalue weighted by molar-refractivity contribution is -0.0422. The van der Waals surface area contributed by atoms with Crippen molar-refractivity contribution in [1.29, 1.82) is 0 Å². The fraction of sp³-hybridized carbons (Fsp3) is 0.857. The summed E-state index contributed by atoms with van der Waals surface area (Å²) in [5, 5.41) is 4.79. The fourth-order valence-electron chi connectivity index (χ4n) is 0.962. The molecule has 0 saturated carbocycles. The van der Waals surface area contributed by atoms with E-state index in [1.165, 1.54) is 0 Å². The normalized spacial score (nSPS) is 41.2. The monoisotopic (exact) mass is 159 g/mol. The topological polar surface area (TPSA) is 21.3 Å². The Morgan fingerprint density at radius 2 is 2.30 bits per heavy atom. The van der Waals surface area contributed by atoms with Gasteiger partial charge in [-0.1, -0.05) is 19.1 Å². The molecule has 0 aliphatic carbocycles. The van der Waals surface area contributed by atoms with Crippen LogP contribution in [0.4, 0.5) is 0 Å². The molecule has 0 spiro atoms. The van der Waals surface area contributed by atoms with Gasteiger partial charge in [0, 0.05) is 11.9 Å². The van der Waals surface area contributed by atoms with Gasteiger partial charge in [-0.15, -0.1) is 0 Å². The molecule has 3 unspecified atom stereocenters. The minimum atomic E-state index is -0.0128. The van der Waals surface area contributed by atoms with E-state index in [-0.39, 0.29) is 6.23 Å². The summed E-state index contributed by atoms with van der Waals surface area (Å²) in [6.45, 7) is 5.24. The lowest BCUT2D eigenvalue weighted by Gasteiger charge is -2.31. The summed E-state index contributed by atoms with van der Waals surface area (Å²) in [7, 11) is 0. The molecule has 2 nitrogen and oxygen atoms in total. The number of thiocarbonyl (C=S) groups is 1. The minimum Gasteiger partial charge on any atom is -0.356 e. The highest BCUT2D eigenvalue weighted by Crippen LogP contribution is 2.11. The molecule has 1 saturated heterocycles. The van der Waals surface area contributed by atoms with Crippen LogP contribution in [-0.4, -0.2) is 24.2 Å². The van der Waals surface area contributed by atoms with E-state index < -0.39 is 0 Å². The van der Waals surface area contributed by atoms with E-state index in [9.17, 15) is 0 Å². The van der Waals surface area contributed by atoms with Crippen molar-refractivity contribution in [2.45, 2.75) is 26.2 Å². The maximum atomic E-state index is 5.48. The van der Waals surface area contributed by atoms with Crippen molar-refractivity contribution < 1.29 is 4.74 Å². The highest BCUT2D eigenvalue weighted by molar-refractivity contribution is 7.79. The summed E-state index contributed by atoms with van der Waals surface area (Å²) in [6.07, 6.45) is 0.312. The van der Waals surface area contributed by atoms with Crippen molar-refractivity contribution in [3.63, 3.8) is 0 Å². The zero-order valence-corrected chi connectivity index (χ0v) is 7.15. The van der Waals surface area contributed by atoms with Gasteiger partial charge >= 0.3 is 0 Å². The third-order valence-electron chi connectivity index (χ3n) is 1.93. The Kier molecular flexibility index (Phi) is 2.77. The van der Waals surface area contributed by atoms with Crippen LogP contribution >= 0.6 is 12.2 Å². The Labute approximate surface area is 66.9 Å². The molecule has 1 aliphatic rings. The van der Waals surface area contributed by atoms with E-state index >= 15 is 0 Å². The molecule has 0 aromatic heterocycles. The highest BCUT2D eigenvalue weighted by atomic mass is 32.1. The molecule has 0 aromatic carbocycles. The lowest BCUT2D eigenvalue weighted by atomic mass is 10.1. The van der Waals surface area contributed by atoms with Gasteiger partial charge in [0.25, 0.3) is 0 Å². The van der Waals surface area contributed by atoms with Gasteiger partial charge in [0.15, 0.2) is 0 Å². The van der Waals surface area contributed by atoms with Crippen molar-refractivity contribution in [2.75, 3.05) is 6.54 Å². The summed E-state index contributed by atoms with van der Waals surface area (Å²) in [5.74, 6) is 0.589. The van der Waals surface area contributed by atoms with Crippen LogP contribution in [0.1, 0.15) is 13.8 Å². The summed E-state index contributed by atoms with van der Waals surface area (Å²) >= 11 is 4.75. The average Bonchev–Trinajstić information content (AvgIpc) is 1.95. The summed E-state index contributed by atoms with van der Waals surface area (Å²) in [4.78, 5) is 0. The second-order valence-electron chi connectivity index (χ2n) is 2.78. The zero-order valence-electron chi connectivity index (χ0n) is 6.33. The van der Waals surface area contributed by atoms with Crippen molar-refractivity contribution in [3.05, 3.63) is 0 Å². The third kappa shape index (κ3) is 1.75. The van der Waals surface area contributed by atoms with Crippen LogP contribution in [0.3, 0.4) is 0 Å². The van der Waals surface area contributed by atoms with Gasteiger partial charge in [-0.25, -0.2) is 0 Å². The average molecular weight is 159 g/mol. The molecule has 0 bridgehead atoms. The first-order valence-corrected chi connectivity index (χ1v) is 4.05. The van der Waals surface area contributed by atoms with Crippen LogP contribution in [0.5, 0.6) is 0 Å². The molecular formula is C7H13NOS. The van der Waals surface area contributed by atoms with Crippen molar-refractivity contribution in [3.8, 4) is 0 Å². The number of hydrogen-bond donors (Lipinski definition) is 1. The van der Waals surface area contributed by atoms with Crippen LogP contribution < -0.4 is 5.32 Å². The van der Waals surface area contributed by atoms with Gasteiger partial charge in [0.1, 0.15) is 6.23 Å². The first-order valence-electron chi connectivity index (χ1n) is 3.58. The van der Waals surface area contributed by atoms with E-state index in [0.717, 1.165) is 6.54 Å². The summed E-state index contributed by atoms with van der Waals surface area (Å²) < 4.78 is 5.48. The molecule has 0 radical (unpaired) electrons. The van der Waals surface area contributed by atoms with E-state index in [0.29, 0.717) is 12.0 Å². The maximum absolute atomic E-state index is 5.48. The van der Waals surface area contributed by atoms with Crippen LogP contribution in [0, 0.1) is 5.92 Å². The first kappa shape index (κ1) is 8.11. The fourth-order valence-corrected chi connectivity index (χ4v) is 1.12. The molecule has 1 fully saturated rings. The highest BCUT2D eigenvalue weighted by Gasteiger charge is 2.22. The molecule has 58 valence electrons. The van der Waals surface area contributed by atoms with E-state index in [1.54, 1.807) is 5.37 Å². The molecule has 10 heavy (non-hydrogen) atoms. The molecular weight excluding hydrogens is 146 g/mol. The van der Waals surface area contributed by atoms with Gasteiger partial charge < -0.3 is 4.74 Å². The zero-order chi connectivity index (χ0) is 7.56. The number of rotatable bonds is 1. The molecule has 3 atom stereocenters. The summed E-state index contributed by atoms with van der Waals surface area (Å²) in [5.41, 5.74) is 0. The SMILES string of the molecule is CC1CNC(C=S)OC1C. The molecule has 0 amide bonds. The van der Waals surface area contributed by atoms with Gasteiger partial charge in [-0.05, 0) is 12.8 Å². The van der Waals surface area contributed by atoms with Crippen LogP contribution in [-0.2, 0) is 4.74 Å². The quantitative estimate of drug-likeness (QED) is 0.576. The van der Waals surface area contributed by atoms with Gasteiger partial charge in [-0.3, -0.25) is 5.32 Å². The molecule has 1 N–H and O–H groups in total. The van der Waals surface area contributed by atoms with E-state index in [1.807, 2.05) is 0 Å². The Morgan fingerprint density at radius 3 is 2.80 bits per heavy atom. The molecule has 0 aromatic rings. The Morgan fingerprint density at radius 1 is 1.60 bits per heavy atom. The second kappa shape index (κ2) is 3.42. The van der Waals surface area contributed by atoms with Gasteiger partial charge in [-0.2, -0.15) is 0 Å². The van der Waals surface area contributed by atoms with Crippen molar-refractivity contribution >= 4 is 17.6 Å². The predicted octanol–water partition coefficient (Wildman–Crippen LogP) is 0.957. The van der Waals surface area contributed by atoms with Crippen LogP contribution in [0.15, 0.2) is 0 Å². The minimum absolute atomic E-state index is 0.0128. The number of hydrogen-bond acceptors (Lipinski definition) is 3. The molecule has 3 heteroatoms. The standard InChI is InChI=1S/C7H13NOS/c1-5-3-8-7(4-10)9-6(5)2/h4-8H,3H2,1-2H3. The third-order valence-corrected chi connectivity index (χ3v) is 2.17. The molecule has 1 heterocycles. The van der Waals surface area contributed by atoms with Gasteiger partial charge in [0.05, 0.1) is 6.10 Å². The van der Waals surface area contributed by atoms with E-state index in [4.69, 9.17) is 17.0 Å². The second-order valence-corrected chi connectivity index (χ2v) is 3.06. The van der Waals surface area contributed by atoms with E-state index in [2.05, 4.69) is 19.2 Å². The lowest BCUT2D eigenvalue weighted by Crippen LogP contribution is -2.47.